The highest BCUT2D eigenvalue weighted by atomic mass is 35.5. The Bertz CT molecular complexity index is 963. The van der Waals surface area contributed by atoms with Crippen LogP contribution in [0.2, 0.25) is 20.1 Å². The van der Waals surface area contributed by atoms with E-state index in [0.717, 1.165) is 0 Å². The number of thiocarbonyl (C=S) groups is 1. The standard InChI is InChI=1S/C17H10Cl4N2O3S/c18-9-3-1-8(12(20)6-9)2-4-14(24)22-17(27)23-15-11(16(25)26)5-10(19)7-13(15)21/h1-7H,(H,25,26)(H2,22,23,24,27)/b4-2+. The molecule has 0 unspecified atom stereocenters. The van der Waals surface area contributed by atoms with Gasteiger partial charge in [0.25, 0.3) is 0 Å². The fourth-order valence-electron chi connectivity index (χ4n) is 1.97. The number of rotatable bonds is 4. The summed E-state index contributed by atoms with van der Waals surface area (Å²) in [5.41, 5.74) is 0.417. The van der Waals surface area contributed by atoms with Crippen LogP contribution in [0.4, 0.5) is 5.69 Å². The van der Waals surface area contributed by atoms with Gasteiger partial charge in [0, 0.05) is 21.1 Å². The zero-order valence-corrected chi connectivity index (χ0v) is 17.1. The van der Waals surface area contributed by atoms with E-state index in [2.05, 4.69) is 10.6 Å². The van der Waals surface area contributed by atoms with Gasteiger partial charge in [-0.25, -0.2) is 4.79 Å². The molecule has 0 aliphatic carbocycles. The van der Waals surface area contributed by atoms with Crippen molar-refractivity contribution in [1.29, 1.82) is 0 Å². The molecule has 0 atom stereocenters. The van der Waals surface area contributed by atoms with Gasteiger partial charge in [-0.3, -0.25) is 10.1 Å². The first kappa shape index (κ1) is 21.5. The van der Waals surface area contributed by atoms with Gasteiger partial charge < -0.3 is 10.4 Å². The Labute approximate surface area is 179 Å². The zero-order valence-electron chi connectivity index (χ0n) is 13.2. The van der Waals surface area contributed by atoms with Crippen LogP contribution in [0.1, 0.15) is 15.9 Å². The number of carboxylic acid groups (broad SMARTS) is 1. The maximum absolute atomic E-state index is 12.0. The van der Waals surface area contributed by atoms with Crippen LogP contribution in [0.15, 0.2) is 36.4 Å². The van der Waals surface area contributed by atoms with Crippen LogP contribution >= 0.6 is 58.6 Å². The average molecular weight is 464 g/mol. The van der Waals surface area contributed by atoms with Gasteiger partial charge in [-0.1, -0.05) is 52.5 Å². The van der Waals surface area contributed by atoms with Crippen LogP contribution in [0.25, 0.3) is 6.08 Å². The molecular formula is C17H10Cl4N2O3S. The van der Waals surface area contributed by atoms with Crippen molar-refractivity contribution in [3.63, 3.8) is 0 Å². The third-order valence-electron chi connectivity index (χ3n) is 3.14. The van der Waals surface area contributed by atoms with Crippen LogP contribution < -0.4 is 10.6 Å². The fourth-order valence-corrected chi connectivity index (χ4v) is 3.18. The predicted octanol–water partition coefficient (Wildman–Crippen LogP) is 5.52. The minimum absolute atomic E-state index is 0.0172. The normalized spacial score (nSPS) is 10.7. The largest absolute Gasteiger partial charge is 0.478 e. The summed E-state index contributed by atoms with van der Waals surface area (Å²) in [4.78, 5) is 23.3. The number of carbonyl (C=O) groups excluding carboxylic acids is 1. The summed E-state index contributed by atoms with van der Waals surface area (Å²) in [6.45, 7) is 0. The van der Waals surface area contributed by atoms with E-state index < -0.39 is 11.9 Å². The molecule has 0 spiro atoms. The number of hydrogen-bond acceptors (Lipinski definition) is 3. The molecular weight excluding hydrogens is 454 g/mol. The SMILES string of the molecule is O=C(/C=C/c1ccc(Cl)cc1Cl)NC(=S)Nc1c(Cl)cc(Cl)cc1C(=O)O. The topological polar surface area (TPSA) is 78.4 Å². The highest BCUT2D eigenvalue weighted by Gasteiger charge is 2.16. The van der Waals surface area contributed by atoms with Gasteiger partial charge in [0.2, 0.25) is 5.91 Å². The Morgan fingerprint density at radius 2 is 1.67 bits per heavy atom. The second kappa shape index (κ2) is 9.39. The molecule has 0 radical (unpaired) electrons. The molecule has 0 bridgehead atoms. The molecule has 0 fully saturated rings. The summed E-state index contributed by atoms with van der Waals surface area (Å²) in [5.74, 6) is -1.81. The van der Waals surface area contributed by atoms with Crippen molar-refractivity contribution in [2.45, 2.75) is 0 Å². The molecule has 1 amide bonds. The van der Waals surface area contributed by atoms with Gasteiger partial charge in [-0.15, -0.1) is 0 Å². The van der Waals surface area contributed by atoms with Crippen molar-refractivity contribution in [3.8, 4) is 0 Å². The lowest BCUT2D eigenvalue weighted by Gasteiger charge is -2.13. The summed E-state index contributed by atoms with van der Waals surface area (Å²) < 4.78 is 0. The van der Waals surface area contributed by atoms with Crippen LogP contribution in [0, 0.1) is 0 Å². The average Bonchev–Trinajstić information content (AvgIpc) is 2.56. The first-order valence-electron chi connectivity index (χ1n) is 7.15. The number of carbonyl (C=O) groups is 2. The highest BCUT2D eigenvalue weighted by Crippen LogP contribution is 2.30. The number of nitrogens with one attached hydrogen (secondary N) is 2. The van der Waals surface area contributed by atoms with E-state index in [4.69, 9.17) is 58.6 Å². The van der Waals surface area contributed by atoms with Gasteiger partial charge in [-0.2, -0.15) is 0 Å². The van der Waals surface area contributed by atoms with Crippen molar-refractivity contribution in [1.82, 2.24) is 5.32 Å². The summed E-state index contributed by atoms with van der Waals surface area (Å²) in [5, 5.41) is 15.1. The zero-order chi connectivity index (χ0) is 20.1. The second-order valence-corrected chi connectivity index (χ2v) is 7.15. The van der Waals surface area contributed by atoms with E-state index in [0.29, 0.717) is 15.6 Å². The van der Waals surface area contributed by atoms with Crippen LogP contribution in [-0.4, -0.2) is 22.1 Å². The first-order valence-corrected chi connectivity index (χ1v) is 9.07. The van der Waals surface area contributed by atoms with Crippen molar-refractivity contribution in [3.05, 3.63) is 67.6 Å². The summed E-state index contributed by atoms with van der Waals surface area (Å²) >= 11 is 28.7. The molecule has 5 nitrogen and oxygen atoms in total. The van der Waals surface area contributed by atoms with Crippen molar-refractivity contribution in [2.75, 3.05) is 5.32 Å². The molecule has 27 heavy (non-hydrogen) atoms. The Balaban J connectivity index is 2.09. The molecule has 140 valence electrons. The highest BCUT2D eigenvalue weighted by molar-refractivity contribution is 7.80. The predicted molar refractivity (Wildman–Crippen MR) is 113 cm³/mol. The Hall–Kier alpha value is -1.83. The lowest BCUT2D eigenvalue weighted by molar-refractivity contribution is -0.115. The Morgan fingerprint density at radius 3 is 2.30 bits per heavy atom. The number of benzene rings is 2. The molecule has 2 aromatic carbocycles. The van der Waals surface area contributed by atoms with Gasteiger partial charge >= 0.3 is 5.97 Å². The van der Waals surface area contributed by atoms with E-state index in [-0.39, 0.29) is 26.4 Å². The number of hydrogen-bond donors (Lipinski definition) is 3. The van der Waals surface area contributed by atoms with Crippen molar-refractivity contribution < 1.29 is 14.7 Å². The summed E-state index contributed by atoms with van der Waals surface area (Å²) in [6.07, 6.45) is 2.69. The minimum atomic E-state index is -1.26. The molecule has 2 rings (SSSR count). The van der Waals surface area contributed by atoms with Crippen molar-refractivity contribution in [2.24, 2.45) is 0 Å². The molecule has 0 saturated carbocycles. The monoisotopic (exact) mass is 462 g/mol. The fraction of sp³-hybridized carbons (Fsp3) is 0. The van der Waals surface area contributed by atoms with E-state index in [1.807, 2.05) is 0 Å². The first-order chi connectivity index (χ1) is 12.7. The molecule has 0 aliphatic heterocycles. The molecule has 3 N–H and O–H groups in total. The summed E-state index contributed by atoms with van der Waals surface area (Å²) in [7, 11) is 0. The molecule has 0 aromatic heterocycles. The van der Waals surface area contributed by atoms with Crippen LogP contribution in [0.3, 0.4) is 0 Å². The van der Waals surface area contributed by atoms with Gasteiger partial charge in [-0.05, 0) is 48.1 Å². The Kier molecular flexibility index (Phi) is 7.47. The minimum Gasteiger partial charge on any atom is -0.478 e. The number of anilines is 1. The molecule has 0 saturated heterocycles. The van der Waals surface area contributed by atoms with E-state index in [9.17, 15) is 14.7 Å². The van der Waals surface area contributed by atoms with Crippen molar-refractivity contribution >= 4 is 87.4 Å². The smallest absolute Gasteiger partial charge is 0.337 e. The third-order valence-corrected chi connectivity index (χ3v) is 4.42. The number of aromatic carboxylic acids is 1. The number of halogens is 4. The van der Waals surface area contributed by atoms with E-state index in [1.165, 1.54) is 24.3 Å². The molecule has 2 aromatic rings. The molecule has 0 heterocycles. The molecule has 0 aliphatic rings. The summed E-state index contributed by atoms with van der Waals surface area (Å²) in [6, 6.07) is 7.39. The molecule has 10 heteroatoms. The van der Waals surface area contributed by atoms with Gasteiger partial charge in [0.15, 0.2) is 5.11 Å². The van der Waals surface area contributed by atoms with E-state index >= 15 is 0 Å². The lowest BCUT2D eigenvalue weighted by atomic mass is 10.2. The van der Waals surface area contributed by atoms with Crippen LogP contribution in [-0.2, 0) is 4.79 Å². The van der Waals surface area contributed by atoms with Gasteiger partial charge in [0.1, 0.15) is 0 Å². The number of carboxylic acids is 1. The Morgan fingerprint density at radius 1 is 1.00 bits per heavy atom. The quantitative estimate of drug-likeness (QED) is 0.410. The maximum atomic E-state index is 12.0. The van der Waals surface area contributed by atoms with Crippen LogP contribution in [0.5, 0.6) is 0 Å². The number of amides is 1. The third kappa shape index (κ3) is 6.09. The lowest BCUT2D eigenvalue weighted by Crippen LogP contribution is -2.33. The van der Waals surface area contributed by atoms with Gasteiger partial charge in [0.05, 0.1) is 16.3 Å². The maximum Gasteiger partial charge on any atom is 0.337 e. The second-order valence-electron chi connectivity index (χ2n) is 5.06. The van der Waals surface area contributed by atoms with E-state index in [1.54, 1.807) is 18.2 Å².